The first kappa shape index (κ1) is 42.5. The fourth-order valence-corrected chi connectivity index (χ4v) is 12.7. The minimum absolute atomic E-state index is 0.155. The maximum atomic E-state index is 17.3. The summed E-state index contributed by atoms with van der Waals surface area (Å²) >= 11 is 0. The van der Waals surface area contributed by atoms with Crippen molar-refractivity contribution in [3.05, 3.63) is 71.9 Å². The maximum absolute atomic E-state index is 17.3. The number of aromatic nitrogens is 7. The second kappa shape index (κ2) is 17.5. The number of carbonyl (C=O) groups is 2. The molecule has 2 aromatic carbocycles. The highest BCUT2D eigenvalue weighted by atomic mass is 19.1. The topological polar surface area (TPSA) is 149 Å². The number of H-pyrrole nitrogens is 1. The quantitative estimate of drug-likeness (QED) is 0.117. The van der Waals surface area contributed by atoms with E-state index in [0.29, 0.717) is 82.0 Å². The van der Waals surface area contributed by atoms with Crippen molar-refractivity contribution >= 4 is 33.9 Å². The van der Waals surface area contributed by atoms with E-state index >= 15 is 18.4 Å². The number of imidazole rings is 2. The molecule has 10 rings (SSSR count). The van der Waals surface area contributed by atoms with Crippen LogP contribution in [0.15, 0.2) is 53.3 Å². The summed E-state index contributed by atoms with van der Waals surface area (Å²) in [5.41, 5.74) is -0.212. The van der Waals surface area contributed by atoms with E-state index in [0.717, 1.165) is 103 Å². The number of hydrogen-bond donors (Lipinski definition) is 3. The largest absolute Gasteiger partial charge is 0.361 e. The van der Waals surface area contributed by atoms with Crippen LogP contribution >= 0.6 is 0 Å². The van der Waals surface area contributed by atoms with Crippen LogP contribution in [0.25, 0.3) is 44.8 Å². The van der Waals surface area contributed by atoms with E-state index in [-0.39, 0.29) is 23.9 Å². The Labute approximate surface area is 372 Å². The summed E-state index contributed by atoms with van der Waals surface area (Å²) in [4.78, 5) is 45.3. The molecule has 4 aliphatic rings. The molecule has 12 nitrogen and oxygen atoms in total. The van der Waals surface area contributed by atoms with Crippen LogP contribution in [0.1, 0.15) is 140 Å². The van der Waals surface area contributed by atoms with Gasteiger partial charge in [0, 0.05) is 18.3 Å². The van der Waals surface area contributed by atoms with Crippen LogP contribution in [0.4, 0.5) is 8.78 Å². The van der Waals surface area contributed by atoms with Gasteiger partial charge in [-0.2, -0.15) is 5.10 Å². The number of fused-ring (bicyclic) bond motifs is 2. The molecule has 2 atom stereocenters. The molecule has 0 aliphatic heterocycles. The highest BCUT2D eigenvalue weighted by molar-refractivity contribution is 6.01. The van der Waals surface area contributed by atoms with Crippen molar-refractivity contribution in [3.63, 3.8) is 0 Å². The van der Waals surface area contributed by atoms with E-state index in [4.69, 9.17) is 14.5 Å². The van der Waals surface area contributed by atoms with Gasteiger partial charge in [0.15, 0.2) is 11.1 Å². The molecular formula is C50H61F2N9O3. The van der Waals surface area contributed by atoms with Crippen LogP contribution in [-0.2, 0) is 20.7 Å². The third-order valence-electron chi connectivity index (χ3n) is 15.5. The van der Waals surface area contributed by atoms with Crippen molar-refractivity contribution in [1.82, 2.24) is 45.1 Å². The van der Waals surface area contributed by atoms with Crippen molar-refractivity contribution in [3.8, 4) is 22.8 Å². The smallest absolute Gasteiger partial charge is 0.249 e. The number of hydrogen-bond acceptors (Lipinski definition) is 7. The van der Waals surface area contributed by atoms with E-state index in [2.05, 4.69) is 26.0 Å². The van der Waals surface area contributed by atoms with Crippen LogP contribution < -0.4 is 10.6 Å². The Bertz CT molecular complexity index is 2610. The number of amides is 2. The molecule has 64 heavy (non-hydrogen) atoms. The Morgan fingerprint density at radius 1 is 0.656 bits per heavy atom. The summed E-state index contributed by atoms with van der Waals surface area (Å²) in [7, 11) is 0. The normalized spacial score (nSPS) is 20.6. The minimum Gasteiger partial charge on any atom is -0.361 e. The SMILES string of the molecule is Cc1noc(C)c1-c1nc2ccc(F)cc2n1C(C(=O)NC1CCCCC1)(C1CCCCC1)C(C(=O)NC1CCCCC1)(C1CCCCC1)n1c(-c2cn[nH]c2)nc2ccc(F)cc21. The molecule has 6 aromatic rings. The van der Waals surface area contributed by atoms with Gasteiger partial charge >= 0.3 is 0 Å². The number of carbonyl (C=O) groups excluding carboxylic acids is 2. The number of benzene rings is 2. The predicted molar refractivity (Wildman–Crippen MR) is 241 cm³/mol. The Balaban J connectivity index is 1.45. The summed E-state index contributed by atoms with van der Waals surface area (Å²) in [5, 5.41) is 19.1. The van der Waals surface area contributed by atoms with E-state index in [1.807, 2.05) is 23.0 Å². The van der Waals surface area contributed by atoms with Gasteiger partial charge in [-0.25, -0.2) is 18.7 Å². The highest BCUT2D eigenvalue weighted by Crippen LogP contribution is 2.59. The number of aromatic amines is 1. The van der Waals surface area contributed by atoms with Gasteiger partial charge in [0.2, 0.25) is 11.8 Å². The molecule has 3 N–H and O–H groups in total. The molecule has 4 fully saturated rings. The van der Waals surface area contributed by atoms with E-state index < -0.39 is 34.5 Å². The summed E-state index contributed by atoms with van der Waals surface area (Å²) in [6.07, 6.45) is 20.4. The summed E-state index contributed by atoms with van der Waals surface area (Å²) in [5.74, 6) is -1.26. The number of halogens is 2. The molecule has 0 bridgehead atoms. The highest BCUT2D eigenvalue weighted by Gasteiger charge is 2.71. The standard InChI is InChI=1S/C50H61F2N9O3/c1-31-44(32(2)64-59-31)46-58-41-26-24-37(52)28-43(41)61(46)50(35-17-9-4-10-18-35,48(63)56-39-21-13-6-14-22-39)49(34-15-7-3-8-16-34,47(62)55-38-19-11-5-12-20-38)60-42-27-36(51)23-25-40(42)57-45(60)33-29-53-54-30-33/h23-30,34-35,38-39H,3-22H2,1-2H3,(H,53,54)(H,55,62)(H,56,63). The van der Waals surface area contributed by atoms with E-state index in [9.17, 15) is 0 Å². The lowest BCUT2D eigenvalue weighted by molar-refractivity contribution is -0.163. The molecule has 0 radical (unpaired) electrons. The second-order valence-corrected chi connectivity index (χ2v) is 19.3. The van der Waals surface area contributed by atoms with Gasteiger partial charge in [-0.1, -0.05) is 82.2 Å². The maximum Gasteiger partial charge on any atom is 0.249 e. The monoisotopic (exact) mass is 873 g/mol. The zero-order chi connectivity index (χ0) is 44.0. The molecule has 4 saturated carbocycles. The molecule has 0 spiro atoms. The first-order valence-corrected chi connectivity index (χ1v) is 24.1. The Morgan fingerprint density at radius 3 is 1.55 bits per heavy atom. The second-order valence-electron chi connectivity index (χ2n) is 19.3. The molecule has 2 amide bonds. The molecule has 4 aliphatic carbocycles. The lowest BCUT2D eigenvalue weighted by Crippen LogP contribution is -2.76. The van der Waals surface area contributed by atoms with Crippen LogP contribution in [-0.4, -0.2) is 58.4 Å². The third-order valence-corrected chi connectivity index (χ3v) is 15.5. The number of rotatable bonds is 11. The third kappa shape index (κ3) is 7.04. The number of nitrogens with one attached hydrogen (secondary N) is 3. The van der Waals surface area contributed by atoms with Crippen molar-refractivity contribution in [2.75, 3.05) is 0 Å². The lowest BCUT2D eigenvalue weighted by Gasteiger charge is -2.59. The number of aryl methyl sites for hydroxylation is 2. The van der Waals surface area contributed by atoms with Gasteiger partial charge in [-0.3, -0.25) is 14.7 Å². The van der Waals surface area contributed by atoms with Crippen molar-refractivity contribution < 1.29 is 22.9 Å². The molecule has 0 saturated heterocycles. The van der Waals surface area contributed by atoms with Crippen LogP contribution in [0.3, 0.4) is 0 Å². The molecule has 14 heteroatoms. The van der Waals surface area contributed by atoms with Gasteiger partial charge in [-0.15, -0.1) is 0 Å². The molecular weight excluding hydrogens is 813 g/mol. The van der Waals surface area contributed by atoms with E-state index in [1.165, 1.54) is 24.3 Å². The van der Waals surface area contributed by atoms with Gasteiger partial charge in [0.05, 0.1) is 45.1 Å². The Morgan fingerprint density at radius 2 is 1.11 bits per heavy atom. The Kier molecular flexibility index (Phi) is 11.7. The predicted octanol–water partition coefficient (Wildman–Crippen LogP) is 10.5. The average molecular weight is 874 g/mol. The van der Waals surface area contributed by atoms with Gasteiger partial charge < -0.3 is 24.3 Å². The van der Waals surface area contributed by atoms with Crippen LogP contribution in [0.5, 0.6) is 0 Å². The van der Waals surface area contributed by atoms with Gasteiger partial charge in [0.1, 0.15) is 29.0 Å². The van der Waals surface area contributed by atoms with Crippen molar-refractivity contribution in [1.29, 1.82) is 0 Å². The van der Waals surface area contributed by atoms with Gasteiger partial charge in [0.25, 0.3) is 0 Å². The zero-order valence-electron chi connectivity index (χ0n) is 37.2. The fraction of sp³-hybridized carbons (Fsp3) is 0.560. The van der Waals surface area contributed by atoms with Crippen LogP contribution in [0.2, 0.25) is 0 Å². The molecule has 338 valence electrons. The minimum atomic E-state index is -1.86. The summed E-state index contributed by atoms with van der Waals surface area (Å²) in [6.45, 7) is 3.69. The van der Waals surface area contributed by atoms with E-state index in [1.54, 1.807) is 24.5 Å². The van der Waals surface area contributed by atoms with Gasteiger partial charge in [-0.05, 0) is 113 Å². The number of nitrogens with zero attached hydrogens (tertiary/aromatic N) is 6. The first-order valence-electron chi connectivity index (χ1n) is 24.1. The lowest BCUT2D eigenvalue weighted by atomic mass is 9.55. The summed E-state index contributed by atoms with van der Waals surface area (Å²) < 4.78 is 42.4. The molecule has 4 aromatic heterocycles. The average Bonchev–Trinajstić information content (AvgIpc) is 4.13. The molecule has 4 heterocycles. The van der Waals surface area contributed by atoms with Crippen LogP contribution in [0, 0.1) is 37.3 Å². The fourth-order valence-electron chi connectivity index (χ4n) is 12.7. The zero-order valence-corrected chi connectivity index (χ0v) is 37.2. The van der Waals surface area contributed by atoms with Crippen molar-refractivity contribution in [2.24, 2.45) is 11.8 Å². The first-order chi connectivity index (χ1) is 31.2. The Hall–Kier alpha value is -5.40. The summed E-state index contributed by atoms with van der Waals surface area (Å²) in [6, 6.07) is 8.76. The van der Waals surface area contributed by atoms with Crippen molar-refractivity contribution in [2.45, 2.75) is 165 Å². The molecule has 2 unspecified atom stereocenters.